The second-order valence-corrected chi connectivity index (χ2v) is 6.58. The second kappa shape index (κ2) is 7.49. The minimum Gasteiger partial charge on any atom is -0.361 e. The summed E-state index contributed by atoms with van der Waals surface area (Å²) < 4.78 is 0. The highest BCUT2D eigenvalue weighted by Gasteiger charge is 2.19. The Morgan fingerprint density at radius 1 is 1.56 bits per heavy atom. The van der Waals surface area contributed by atoms with E-state index in [2.05, 4.69) is 32.3 Å². The van der Waals surface area contributed by atoms with Crippen LogP contribution in [0.25, 0.3) is 0 Å². The van der Waals surface area contributed by atoms with Crippen LogP contribution in [0.5, 0.6) is 0 Å². The highest BCUT2D eigenvalue weighted by molar-refractivity contribution is 8.13. The van der Waals surface area contributed by atoms with Crippen LogP contribution >= 0.6 is 23.5 Å². The maximum absolute atomic E-state index is 4.81. The molecule has 0 saturated carbocycles. The van der Waals surface area contributed by atoms with Gasteiger partial charge in [0.05, 0.1) is 6.04 Å². The van der Waals surface area contributed by atoms with Crippen LogP contribution in [0.2, 0.25) is 0 Å². The summed E-state index contributed by atoms with van der Waals surface area (Å²) in [6, 6.07) is 1.10. The van der Waals surface area contributed by atoms with Crippen LogP contribution in [0, 0.1) is 5.92 Å². The Hall–Kier alpha value is 0.170. The normalized spacial score (nSPS) is 23.1. The van der Waals surface area contributed by atoms with E-state index in [1.54, 1.807) is 0 Å². The summed E-state index contributed by atoms with van der Waals surface area (Å²) in [7, 11) is 0. The first-order chi connectivity index (χ1) is 7.67. The van der Waals surface area contributed by atoms with Gasteiger partial charge in [0.1, 0.15) is 0 Å². The van der Waals surface area contributed by atoms with Gasteiger partial charge in [0.15, 0.2) is 5.17 Å². The molecule has 0 spiro atoms. The smallest absolute Gasteiger partial charge is 0.157 e. The lowest BCUT2D eigenvalue weighted by molar-refractivity contribution is 0.481. The van der Waals surface area contributed by atoms with Gasteiger partial charge in [0.25, 0.3) is 0 Å². The topological polar surface area (TPSA) is 24.4 Å². The van der Waals surface area contributed by atoms with Crippen LogP contribution in [0.1, 0.15) is 33.6 Å². The maximum Gasteiger partial charge on any atom is 0.157 e. The van der Waals surface area contributed by atoms with Gasteiger partial charge in [-0.15, -0.1) is 0 Å². The summed E-state index contributed by atoms with van der Waals surface area (Å²) in [4.78, 5) is 4.81. The van der Waals surface area contributed by atoms with Gasteiger partial charge in [-0.1, -0.05) is 32.5 Å². The molecular weight excluding hydrogens is 236 g/mol. The quantitative estimate of drug-likeness (QED) is 0.821. The minimum atomic E-state index is 0.524. The predicted octanol–water partition coefficient (Wildman–Crippen LogP) is 3.24. The summed E-state index contributed by atoms with van der Waals surface area (Å²) in [6.45, 7) is 6.77. The first kappa shape index (κ1) is 14.2. The zero-order valence-electron chi connectivity index (χ0n) is 10.8. The Kier molecular flexibility index (Phi) is 6.66. The Balaban J connectivity index is 2.51. The number of hydrogen-bond acceptors (Lipinski definition) is 4. The third kappa shape index (κ3) is 4.58. The van der Waals surface area contributed by atoms with Crippen LogP contribution in [-0.4, -0.2) is 35.0 Å². The van der Waals surface area contributed by atoms with E-state index in [1.165, 1.54) is 29.5 Å². The molecule has 0 bridgehead atoms. The molecule has 1 N–H and O–H groups in total. The van der Waals surface area contributed by atoms with E-state index in [4.69, 9.17) is 4.99 Å². The van der Waals surface area contributed by atoms with Gasteiger partial charge in [-0.2, -0.15) is 11.8 Å². The number of thioether (sulfide) groups is 2. The molecule has 1 aliphatic heterocycles. The molecule has 0 amide bonds. The molecule has 0 aromatic carbocycles. The summed E-state index contributed by atoms with van der Waals surface area (Å²) in [6.07, 6.45) is 4.57. The van der Waals surface area contributed by atoms with Crippen molar-refractivity contribution in [3.05, 3.63) is 0 Å². The van der Waals surface area contributed by atoms with Crippen molar-refractivity contribution in [3.63, 3.8) is 0 Å². The molecule has 0 fully saturated rings. The van der Waals surface area contributed by atoms with E-state index < -0.39 is 0 Å². The molecule has 16 heavy (non-hydrogen) atoms. The zero-order valence-corrected chi connectivity index (χ0v) is 12.5. The van der Waals surface area contributed by atoms with Gasteiger partial charge in [-0.3, -0.25) is 4.99 Å². The molecule has 0 aromatic rings. The number of rotatable bonds is 5. The highest BCUT2D eigenvalue weighted by atomic mass is 32.2. The first-order valence-corrected chi connectivity index (χ1v) is 8.51. The largest absolute Gasteiger partial charge is 0.361 e. The summed E-state index contributed by atoms with van der Waals surface area (Å²) in [5.41, 5.74) is 0. The third-order valence-corrected chi connectivity index (χ3v) is 4.57. The van der Waals surface area contributed by atoms with Crippen LogP contribution in [0.4, 0.5) is 0 Å². The summed E-state index contributed by atoms with van der Waals surface area (Å²) in [5.74, 6) is 3.05. The van der Waals surface area contributed by atoms with E-state index in [1.807, 2.05) is 23.5 Å². The van der Waals surface area contributed by atoms with Crippen LogP contribution in [-0.2, 0) is 0 Å². The van der Waals surface area contributed by atoms with E-state index in [-0.39, 0.29) is 0 Å². The number of nitrogens with one attached hydrogen (secondary N) is 1. The Morgan fingerprint density at radius 3 is 2.88 bits per heavy atom. The van der Waals surface area contributed by atoms with Crippen molar-refractivity contribution in [2.24, 2.45) is 10.9 Å². The number of hydrogen-bond donors (Lipinski definition) is 1. The van der Waals surface area contributed by atoms with Gasteiger partial charge in [-0.25, -0.2) is 0 Å². The lowest BCUT2D eigenvalue weighted by atomic mass is 10.0. The second-order valence-electron chi connectivity index (χ2n) is 4.59. The molecule has 4 heteroatoms. The number of amidine groups is 1. The van der Waals surface area contributed by atoms with Crippen molar-refractivity contribution in [2.45, 2.75) is 45.7 Å². The first-order valence-electron chi connectivity index (χ1n) is 6.13. The Labute approximate surface area is 108 Å². The zero-order chi connectivity index (χ0) is 12.0. The highest BCUT2D eigenvalue weighted by Crippen LogP contribution is 2.22. The van der Waals surface area contributed by atoms with E-state index >= 15 is 0 Å². The van der Waals surface area contributed by atoms with Crippen LogP contribution in [0.15, 0.2) is 4.99 Å². The SMILES string of the molecule is CCC(CSC)NC1=NC(C(C)C)CCS1. The minimum absolute atomic E-state index is 0.524. The van der Waals surface area contributed by atoms with Crippen molar-refractivity contribution in [2.75, 3.05) is 17.8 Å². The van der Waals surface area contributed by atoms with Gasteiger partial charge < -0.3 is 5.32 Å². The summed E-state index contributed by atoms with van der Waals surface area (Å²) in [5, 5.41) is 4.76. The van der Waals surface area contributed by atoms with Crippen LogP contribution in [0.3, 0.4) is 0 Å². The van der Waals surface area contributed by atoms with Gasteiger partial charge in [0, 0.05) is 17.5 Å². The molecule has 0 saturated heterocycles. The molecule has 2 unspecified atom stereocenters. The van der Waals surface area contributed by atoms with Gasteiger partial charge >= 0.3 is 0 Å². The van der Waals surface area contributed by atoms with Crippen molar-refractivity contribution in [1.82, 2.24) is 5.32 Å². The molecule has 0 radical (unpaired) electrons. The summed E-state index contributed by atoms with van der Waals surface area (Å²) >= 11 is 3.79. The third-order valence-electron chi connectivity index (χ3n) is 2.89. The molecule has 1 rings (SSSR count). The Bertz CT molecular complexity index is 229. The standard InChI is InChI=1S/C12H24N2S2/c1-5-10(8-15-4)13-12-14-11(9(2)3)6-7-16-12/h9-11H,5-8H2,1-4H3,(H,13,14). The molecule has 0 aliphatic carbocycles. The molecule has 2 nitrogen and oxygen atoms in total. The van der Waals surface area contributed by atoms with E-state index in [0.29, 0.717) is 18.0 Å². The van der Waals surface area contributed by atoms with Gasteiger partial charge in [-0.05, 0) is 25.0 Å². The lowest BCUT2D eigenvalue weighted by Crippen LogP contribution is -2.37. The van der Waals surface area contributed by atoms with Crippen LogP contribution < -0.4 is 5.32 Å². The van der Waals surface area contributed by atoms with E-state index in [0.717, 1.165) is 0 Å². The molecular formula is C12H24N2S2. The molecule has 0 aromatic heterocycles. The van der Waals surface area contributed by atoms with E-state index in [9.17, 15) is 0 Å². The van der Waals surface area contributed by atoms with Crippen molar-refractivity contribution in [1.29, 1.82) is 0 Å². The monoisotopic (exact) mass is 260 g/mol. The average Bonchev–Trinajstić information content (AvgIpc) is 2.29. The molecule has 1 aliphatic rings. The fraction of sp³-hybridized carbons (Fsp3) is 0.917. The molecule has 1 heterocycles. The van der Waals surface area contributed by atoms with Crippen molar-refractivity contribution in [3.8, 4) is 0 Å². The fourth-order valence-corrected chi connectivity index (χ4v) is 3.46. The van der Waals surface area contributed by atoms with Gasteiger partial charge in [0.2, 0.25) is 0 Å². The molecule has 94 valence electrons. The fourth-order valence-electron chi connectivity index (χ4n) is 1.73. The molecule has 2 atom stereocenters. The lowest BCUT2D eigenvalue weighted by Gasteiger charge is -2.26. The predicted molar refractivity (Wildman–Crippen MR) is 78.7 cm³/mol. The maximum atomic E-state index is 4.81. The Morgan fingerprint density at radius 2 is 2.31 bits per heavy atom. The average molecular weight is 260 g/mol. The number of aliphatic imine (C=N–C) groups is 1. The number of nitrogens with zero attached hydrogens (tertiary/aromatic N) is 1. The van der Waals surface area contributed by atoms with Crippen molar-refractivity contribution < 1.29 is 0 Å². The van der Waals surface area contributed by atoms with Crippen molar-refractivity contribution >= 4 is 28.7 Å².